The largest absolute Gasteiger partial charge is 0.459 e. The van der Waals surface area contributed by atoms with Gasteiger partial charge in [0.25, 0.3) is 0 Å². The van der Waals surface area contributed by atoms with Gasteiger partial charge in [-0.1, -0.05) is 38.8 Å². The highest BCUT2D eigenvalue weighted by atomic mass is 16.6. The molecule has 0 unspecified atom stereocenters. The van der Waals surface area contributed by atoms with Crippen molar-refractivity contribution >= 4 is 36.3 Å². The lowest BCUT2D eigenvalue weighted by Crippen LogP contribution is -2.30. The molecular weight excluding hydrogens is 680 g/mol. The van der Waals surface area contributed by atoms with Crippen LogP contribution in [0.25, 0.3) is 0 Å². The second-order valence-electron chi connectivity index (χ2n) is 12.7. The molecule has 16 nitrogen and oxygen atoms in total. The van der Waals surface area contributed by atoms with Crippen molar-refractivity contribution in [3.8, 4) is 0 Å². The summed E-state index contributed by atoms with van der Waals surface area (Å²) in [5.41, 5.74) is 0.568. The van der Waals surface area contributed by atoms with E-state index in [4.69, 9.17) is 28.4 Å². The Hall–Kier alpha value is -4.50. The number of carbonyl (C=O) groups is 6. The SMILES string of the molecule is C=C(C)C(=O)OCCOC(=O)NCCCCCCNC(=O)OCC1CCC(COC(=O)NCCCCCCNC(=O)OCCOC(=O)C(=C)C)CC1. The molecule has 0 saturated heterocycles. The Morgan fingerprint density at radius 3 is 1.00 bits per heavy atom. The van der Waals surface area contributed by atoms with E-state index in [1.807, 2.05) is 0 Å². The molecule has 4 N–H and O–H groups in total. The van der Waals surface area contributed by atoms with Crippen LogP contribution in [0.5, 0.6) is 0 Å². The number of nitrogens with one attached hydrogen (secondary N) is 4. The van der Waals surface area contributed by atoms with Gasteiger partial charge in [0.15, 0.2) is 0 Å². The second-order valence-corrected chi connectivity index (χ2v) is 12.7. The van der Waals surface area contributed by atoms with Crippen molar-refractivity contribution in [1.29, 1.82) is 0 Å². The Bertz CT molecular complexity index is 1040. The van der Waals surface area contributed by atoms with E-state index in [-0.39, 0.29) is 37.6 Å². The highest BCUT2D eigenvalue weighted by molar-refractivity contribution is 5.87. The molecule has 52 heavy (non-hydrogen) atoms. The first-order valence-electron chi connectivity index (χ1n) is 18.3. The van der Waals surface area contributed by atoms with Gasteiger partial charge in [0.05, 0.1) is 13.2 Å². The minimum absolute atomic E-state index is 0.0235. The maximum Gasteiger partial charge on any atom is 0.407 e. The van der Waals surface area contributed by atoms with E-state index in [0.717, 1.165) is 77.0 Å². The lowest BCUT2D eigenvalue weighted by atomic mass is 9.83. The van der Waals surface area contributed by atoms with Gasteiger partial charge in [-0.25, -0.2) is 28.8 Å². The molecule has 4 amide bonds. The van der Waals surface area contributed by atoms with Gasteiger partial charge in [-0.3, -0.25) is 0 Å². The van der Waals surface area contributed by atoms with E-state index in [9.17, 15) is 28.8 Å². The maximum atomic E-state index is 12.1. The van der Waals surface area contributed by atoms with Gasteiger partial charge in [0.1, 0.15) is 26.4 Å². The summed E-state index contributed by atoms with van der Waals surface area (Å²) in [4.78, 5) is 69.8. The standard InChI is InChI=1S/C36H60N4O12/c1-27(2)31(41)47-21-23-49-33(43)37-17-9-5-7-11-19-39-35(45)51-25-29-13-15-30(16-14-29)26-52-36(46)40-20-12-8-6-10-18-38-34(44)50-24-22-48-32(42)28(3)4/h29-30H,1,3,5-26H2,2,4H3,(H,37,43)(H,38,44)(H,39,45)(H,40,46). The average Bonchev–Trinajstić information content (AvgIpc) is 3.12. The van der Waals surface area contributed by atoms with Crippen LogP contribution in [0.4, 0.5) is 19.2 Å². The van der Waals surface area contributed by atoms with E-state index in [1.54, 1.807) is 0 Å². The first-order valence-corrected chi connectivity index (χ1v) is 18.3. The fourth-order valence-electron chi connectivity index (χ4n) is 4.91. The minimum atomic E-state index is -0.564. The summed E-state index contributed by atoms with van der Waals surface area (Å²) in [6, 6.07) is 0. The molecule has 1 saturated carbocycles. The molecule has 0 spiro atoms. The molecule has 0 atom stereocenters. The molecule has 0 aromatic carbocycles. The van der Waals surface area contributed by atoms with E-state index < -0.39 is 36.3 Å². The maximum absolute atomic E-state index is 12.1. The highest BCUT2D eigenvalue weighted by Crippen LogP contribution is 2.29. The van der Waals surface area contributed by atoms with Crippen molar-refractivity contribution < 1.29 is 57.2 Å². The number of esters is 2. The molecule has 1 aliphatic rings. The van der Waals surface area contributed by atoms with Crippen LogP contribution in [0.3, 0.4) is 0 Å². The summed E-state index contributed by atoms with van der Waals surface area (Å²) in [5, 5.41) is 10.8. The van der Waals surface area contributed by atoms with Crippen LogP contribution >= 0.6 is 0 Å². The number of carbonyl (C=O) groups excluding carboxylic acids is 6. The number of alkyl carbamates (subject to hydrolysis) is 4. The summed E-state index contributed by atoms with van der Waals surface area (Å²) >= 11 is 0. The lowest BCUT2D eigenvalue weighted by molar-refractivity contribution is -0.140. The molecule has 0 radical (unpaired) electrons. The monoisotopic (exact) mass is 740 g/mol. The second kappa shape index (κ2) is 29.1. The zero-order chi connectivity index (χ0) is 38.4. The quantitative estimate of drug-likeness (QED) is 0.0398. The van der Waals surface area contributed by atoms with Crippen LogP contribution in [-0.2, 0) is 38.0 Å². The topological polar surface area (TPSA) is 206 Å². The number of hydrogen-bond acceptors (Lipinski definition) is 12. The predicted molar refractivity (Wildman–Crippen MR) is 191 cm³/mol. The zero-order valence-corrected chi connectivity index (χ0v) is 31.0. The van der Waals surface area contributed by atoms with Crippen LogP contribution < -0.4 is 21.3 Å². The van der Waals surface area contributed by atoms with Crippen LogP contribution in [0, 0.1) is 11.8 Å². The summed E-state index contributed by atoms with van der Waals surface area (Å²) in [6.45, 7) is 12.6. The molecule has 16 heteroatoms. The van der Waals surface area contributed by atoms with Gasteiger partial charge in [-0.15, -0.1) is 0 Å². The minimum Gasteiger partial charge on any atom is -0.459 e. The first-order chi connectivity index (χ1) is 25.0. The van der Waals surface area contributed by atoms with Crippen molar-refractivity contribution in [2.75, 3.05) is 65.8 Å². The van der Waals surface area contributed by atoms with Crippen LogP contribution in [-0.4, -0.2) is 102 Å². The molecular formula is C36H60N4O12. The number of ether oxygens (including phenoxy) is 6. The molecule has 0 aliphatic heterocycles. The van der Waals surface area contributed by atoms with E-state index in [1.165, 1.54) is 13.8 Å². The van der Waals surface area contributed by atoms with Gasteiger partial charge in [-0.05, 0) is 77.0 Å². The van der Waals surface area contributed by atoms with Crippen LogP contribution in [0.15, 0.2) is 24.3 Å². The van der Waals surface area contributed by atoms with Crippen molar-refractivity contribution in [2.24, 2.45) is 11.8 Å². The van der Waals surface area contributed by atoms with Crippen LogP contribution in [0.1, 0.15) is 90.9 Å². The van der Waals surface area contributed by atoms with Crippen molar-refractivity contribution in [1.82, 2.24) is 21.3 Å². The molecule has 1 rings (SSSR count). The van der Waals surface area contributed by atoms with Gasteiger partial charge >= 0.3 is 36.3 Å². The smallest absolute Gasteiger partial charge is 0.407 e. The van der Waals surface area contributed by atoms with Crippen molar-refractivity contribution in [3.05, 3.63) is 24.3 Å². The van der Waals surface area contributed by atoms with Gasteiger partial charge in [0, 0.05) is 37.3 Å². The van der Waals surface area contributed by atoms with Gasteiger partial charge < -0.3 is 49.7 Å². The Morgan fingerprint density at radius 1 is 0.442 bits per heavy atom. The molecule has 1 fully saturated rings. The van der Waals surface area contributed by atoms with E-state index >= 15 is 0 Å². The average molecular weight is 741 g/mol. The molecule has 0 heterocycles. The van der Waals surface area contributed by atoms with Crippen molar-refractivity contribution in [2.45, 2.75) is 90.9 Å². The molecule has 1 aliphatic carbocycles. The van der Waals surface area contributed by atoms with Gasteiger partial charge in [0.2, 0.25) is 0 Å². The summed E-state index contributed by atoms with van der Waals surface area (Å²) < 4.78 is 30.3. The fraction of sp³-hybridized carbons (Fsp3) is 0.722. The predicted octanol–water partition coefficient (Wildman–Crippen LogP) is 5.06. The summed E-state index contributed by atoms with van der Waals surface area (Å²) in [6.07, 6.45) is 8.32. The molecule has 296 valence electrons. The Labute approximate surface area is 307 Å². The van der Waals surface area contributed by atoms with Gasteiger partial charge in [-0.2, -0.15) is 0 Å². The third kappa shape index (κ3) is 25.5. The Kier molecular flexibility index (Phi) is 25.5. The third-order valence-corrected chi connectivity index (χ3v) is 7.95. The number of rotatable bonds is 26. The third-order valence-electron chi connectivity index (χ3n) is 7.95. The number of hydrogen-bond donors (Lipinski definition) is 4. The Balaban J connectivity index is 1.91. The normalized spacial score (nSPS) is 14.9. The number of amides is 4. The van der Waals surface area contributed by atoms with E-state index in [0.29, 0.717) is 51.2 Å². The zero-order valence-electron chi connectivity index (χ0n) is 31.0. The van der Waals surface area contributed by atoms with Crippen LogP contribution in [0.2, 0.25) is 0 Å². The summed E-state index contributed by atoms with van der Waals surface area (Å²) in [7, 11) is 0. The van der Waals surface area contributed by atoms with E-state index in [2.05, 4.69) is 34.4 Å². The Morgan fingerprint density at radius 2 is 0.712 bits per heavy atom. The van der Waals surface area contributed by atoms with Crippen molar-refractivity contribution in [3.63, 3.8) is 0 Å². The lowest BCUT2D eigenvalue weighted by Gasteiger charge is -2.27. The first kappa shape index (κ1) is 45.5. The summed E-state index contributed by atoms with van der Waals surface area (Å²) in [5.74, 6) is -0.462. The molecule has 0 bridgehead atoms. The highest BCUT2D eigenvalue weighted by Gasteiger charge is 2.23. The fourth-order valence-corrected chi connectivity index (χ4v) is 4.91. The molecule has 0 aromatic heterocycles. The molecule has 0 aromatic rings. The number of unbranched alkanes of at least 4 members (excludes halogenated alkanes) is 6.